The molecule has 0 saturated heterocycles. The van der Waals surface area contributed by atoms with Crippen LogP contribution in [-0.2, 0) is 11.3 Å². The van der Waals surface area contributed by atoms with Gasteiger partial charge in [0.15, 0.2) is 0 Å². The first kappa shape index (κ1) is 18.7. The van der Waals surface area contributed by atoms with Crippen LogP contribution in [0.2, 0.25) is 0 Å². The fourth-order valence-electron chi connectivity index (χ4n) is 2.22. The van der Waals surface area contributed by atoms with E-state index in [-0.39, 0.29) is 25.3 Å². The highest BCUT2D eigenvalue weighted by Crippen LogP contribution is 2.22. The first-order valence-corrected chi connectivity index (χ1v) is 7.83. The number of carbonyl (C=O) groups excluding carboxylic acids is 1. The molecule has 2 unspecified atom stereocenters. The maximum absolute atomic E-state index is 13.1. The molecule has 2 aromatic rings. The number of anilines is 1. The van der Waals surface area contributed by atoms with Gasteiger partial charge in [0.1, 0.15) is 18.5 Å². The second kappa shape index (κ2) is 9.00. The zero-order chi connectivity index (χ0) is 18.2. The Kier molecular flexibility index (Phi) is 6.73. The summed E-state index contributed by atoms with van der Waals surface area (Å²) in [6, 6.07) is 13.0. The number of aliphatic hydroxyl groups is 2. The molecule has 0 radical (unpaired) electrons. The third-order valence-corrected chi connectivity index (χ3v) is 3.65. The van der Waals surface area contributed by atoms with Crippen molar-refractivity contribution >= 4 is 11.8 Å². The summed E-state index contributed by atoms with van der Waals surface area (Å²) >= 11 is 0. The number of ether oxygens (including phenoxy) is 1. The molecule has 2 aromatic carbocycles. The normalized spacial score (nSPS) is 13.1. The van der Waals surface area contributed by atoms with E-state index in [1.165, 1.54) is 12.1 Å². The van der Waals surface area contributed by atoms with Gasteiger partial charge in [0.05, 0.1) is 11.8 Å². The van der Waals surface area contributed by atoms with Crippen molar-refractivity contribution in [2.75, 3.05) is 12.3 Å². The molecule has 0 fully saturated rings. The average molecular weight is 348 g/mol. The fraction of sp³-hybridized carbons (Fsp3) is 0.278. The Balaban J connectivity index is 1.72. The predicted octanol–water partition coefficient (Wildman–Crippen LogP) is 2.12. The molecule has 0 aliphatic carbocycles. The van der Waals surface area contributed by atoms with Gasteiger partial charge in [-0.3, -0.25) is 0 Å². The van der Waals surface area contributed by atoms with Crippen molar-refractivity contribution in [2.24, 2.45) is 0 Å². The van der Waals surface area contributed by atoms with Crippen LogP contribution in [0, 0.1) is 5.82 Å². The summed E-state index contributed by atoms with van der Waals surface area (Å²) in [4.78, 5) is 11.6. The number of nitrogen functional groups attached to an aromatic ring is 1. The highest BCUT2D eigenvalue weighted by molar-refractivity contribution is 5.67. The number of nitrogens with two attached hydrogens (primary N) is 1. The molecule has 2 rings (SSSR count). The fourth-order valence-corrected chi connectivity index (χ4v) is 2.22. The molecule has 0 aliphatic heterocycles. The quantitative estimate of drug-likeness (QED) is 0.574. The van der Waals surface area contributed by atoms with Crippen molar-refractivity contribution in [1.82, 2.24) is 5.32 Å². The average Bonchev–Trinajstić information content (AvgIpc) is 2.62. The van der Waals surface area contributed by atoms with Crippen LogP contribution in [0.1, 0.15) is 23.7 Å². The van der Waals surface area contributed by atoms with E-state index in [9.17, 15) is 19.4 Å². The van der Waals surface area contributed by atoms with Gasteiger partial charge in [-0.25, -0.2) is 9.18 Å². The van der Waals surface area contributed by atoms with Crippen molar-refractivity contribution in [3.8, 4) is 0 Å². The lowest BCUT2D eigenvalue weighted by molar-refractivity contribution is 0.0136. The summed E-state index contributed by atoms with van der Waals surface area (Å²) in [5, 5.41) is 22.5. The molecule has 0 saturated carbocycles. The number of benzene rings is 2. The molecule has 5 N–H and O–H groups in total. The summed E-state index contributed by atoms with van der Waals surface area (Å²) in [5.74, 6) is -0.590. The Hall–Kier alpha value is -2.64. The monoisotopic (exact) mass is 348 g/mol. The maximum Gasteiger partial charge on any atom is 0.407 e. The van der Waals surface area contributed by atoms with Crippen LogP contribution < -0.4 is 11.1 Å². The molecule has 0 heterocycles. The standard InChI is InChI=1S/C18H21FN2O4/c19-14-7-6-13(10-15(14)20)17(23)16(22)8-9-21-18(24)25-11-12-4-2-1-3-5-12/h1-7,10,16-17,22-23H,8-9,11,20H2,(H,21,24). The van der Waals surface area contributed by atoms with Crippen molar-refractivity contribution in [3.63, 3.8) is 0 Å². The van der Waals surface area contributed by atoms with E-state index in [1.54, 1.807) is 0 Å². The van der Waals surface area contributed by atoms with E-state index < -0.39 is 24.1 Å². The summed E-state index contributed by atoms with van der Waals surface area (Å²) in [6.45, 7) is 0.259. The lowest BCUT2D eigenvalue weighted by atomic mass is 10.0. The predicted molar refractivity (Wildman–Crippen MR) is 91.0 cm³/mol. The second-order valence-electron chi connectivity index (χ2n) is 5.57. The molecule has 6 nitrogen and oxygen atoms in total. The Morgan fingerprint density at radius 1 is 1.20 bits per heavy atom. The van der Waals surface area contributed by atoms with Crippen molar-refractivity contribution < 1.29 is 24.1 Å². The number of hydrogen-bond donors (Lipinski definition) is 4. The molecule has 1 amide bonds. The summed E-state index contributed by atoms with van der Waals surface area (Å²) in [7, 11) is 0. The largest absolute Gasteiger partial charge is 0.445 e. The van der Waals surface area contributed by atoms with Crippen LogP contribution in [-0.4, -0.2) is 29.0 Å². The molecular weight excluding hydrogens is 327 g/mol. The summed E-state index contributed by atoms with van der Waals surface area (Å²) < 4.78 is 18.2. The topological polar surface area (TPSA) is 105 Å². The molecule has 134 valence electrons. The number of alkyl carbamates (subject to hydrolysis) is 1. The highest BCUT2D eigenvalue weighted by Gasteiger charge is 2.19. The maximum atomic E-state index is 13.1. The molecule has 0 aliphatic rings. The van der Waals surface area contributed by atoms with Gasteiger partial charge in [0, 0.05) is 6.54 Å². The third kappa shape index (κ3) is 5.74. The molecule has 2 atom stereocenters. The van der Waals surface area contributed by atoms with E-state index >= 15 is 0 Å². The van der Waals surface area contributed by atoms with E-state index in [2.05, 4.69) is 5.32 Å². The number of rotatable bonds is 7. The lowest BCUT2D eigenvalue weighted by Crippen LogP contribution is -2.29. The van der Waals surface area contributed by atoms with Crippen molar-refractivity contribution in [1.29, 1.82) is 0 Å². The molecule has 25 heavy (non-hydrogen) atoms. The van der Waals surface area contributed by atoms with Gasteiger partial charge in [0.25, 0.3) is 0 Å². The van der Waals surface area contributed by atoms with Gasteiger partial charge >= 0.3 is 6.09 Å². The van der Waals surface area contributed by atoms with Crippen molar-refractivity contribution in [3.05, 3.63) is 65.5 Å². The molecular formula is C18H21FN2O4. The van der Waals surface area contributed by atoms with Gasteiger partial charge in [0.2, 0.25) is 0 Å². The number of halogens is 1. The van der Waals surface area contributed by atoms with E-state index in [4.69, 9.17) is 10.5 Å². The zero-order valence-electron chi connectivity index (χ0n) is 13.6. The van der Waals surface area contributed by atoms with E-state index in [0.717, 1.165) is 11.6 Å². The van der Waals surface area contributed by atoms with Gasteiger partial charge < -0.3 is 26.0 Å². The number of carbonyl (C=O) groups is 1. The minimum atomic E-state index is -1.23. The highest BCUT2D eigenvalue weighted by atomic mass is 19.1. The third-order valence-electron chi connectivity index (χ3n) is 3.65. The Bertz CT molecular complexity index is 697. The molecule has 0 spiro atoms. The first-order valence-electron chi connectivity index (χ1n) is 7.83. The van der Waals surface area contributed by atoms with Crippen molar-refractivity contribution in [2.45, 2.75) is 25.2 Å². The van der Waals surface area contributed by atoms with Crippen LogP contribution in [0.15, 0.2) is 48.5 Å². The Morgan fingerprint density at radius 2 is 1.92 bits per heavy atom. The Labute approximate surface area is 145 Å². The second-order valence-corrected chi connectivity index (χ2v) is 5.57. The number of aliphatic hydroxyl groups excluding tert-OH is 2. The summed E-state index contributed by atoms with van der Waals surface area (Å²) in [5.41, 5.74) is 6.50. The number of amides is 1. The summed E-state index contributed by atoms with van der Waals surface area (Å²) in [6.07, 6.45) is -2.89. The van der Waals surface area contributed by atoms with Crippen LogP contribution in [0.5, 0.6) is 0 Å². The van der Waals surface area contributed by atoms with Crippen LogP contribution in [0.25, 0.3) is 0 Å². The van der Waals surface area contributed by atoms with Crippen LogP contribution in [0.4, 0.5) is 14.9 Å². The van der Waals surface area contributed by atoms with Gasteiger partial charge in [-0.2, -0.15) is 0 Å². The molecule has 7 heteroatoms. The number of nitrogens with one attached hydrogen (secondary N) is 1. The molecule has 0 bridgehead atoms. The molecule has 0 aromatic heterocycles. The van der Waals surface area contributed by atoms with Gasteiger partial charge in [-0.1, -0.05) is 36.4 Å². The minimum absolute atomic E-state index is 0.0961. The number of hydrogen-bond acceptors (Lipinski definition) is 5. The van der Waals surface area contributed by atoms with Crippen LogP contribution in [0.3, 0.4) is 0 Å². The van der Waals surface area contributed by atoms with Crippen LogP contribution >= 0.6 is 0 Å². The van der Waals surface area contributed by atoms with Gasteiger partial charge in [-0.05, 0) is 29.7 Å². The smallest absolute Gasteiger partial charge is 0.407 e. The van der Waals surface area contributed by atoms with E-state index in [0.29, 0.717) is 5.56 Å². The van der Waals surface area contributed by atoms with Gasteiger partial charge in [-0.15, -0.1) is 0 Å². The first-order chi connectivity index (χ1) is 12.0. The van der Waals surface area contributed by atoms with E-state index in [1.807, 2.05) is 30.3 Å². The lowest BCUT2D eigenvalue weighted by Gasteiger charge is -2.18. The Morgan fingerprint density at radius 3 is 2.60 bits per heavy atom. The SMILES string of the molecule is Nc1cc(C(O)C(O)CCNC(=O)OCc2ccccc2)ccc1F. The zero-order valence-corrected chi connectivity index (χ0v) is 13.6. The minimum Gasteiger partial charge on any atom is -0.445 e.